The van der Waals surface area contributed by atoms with E-state index in [2.05, 4.69) is 21.0 Å². The molecule has 0 saturated carbocycles. The molecule has 0 amide bonds. The Bertz CT molecular complexity index is 634. The molecule has 0 bridgehead atoms. The first kappa shape index (κ1) is 12.6. The molecule has 0 radical (unpaired) electrons. The van der Waals surface area contributed by atoms with Gasteiger partial charge in [-0.05, 0) is 22.0 Å². The Balaban J connectivity index is 2.23. The maximum Gasteiger partial charge on any atom is 0.152 e. The average Bonchev–Trinajstić information content (AvgIpc) is 2.67. The minimum Gasteiger partial charge on any atom is -0.382 e. The molecule has 1 aliphatic heterocycles. The van der Waals surface area contributed by atoms with Crippen LogP contribution in [0.1, 0.15) is 11.3 Å². The first-order valence-corrected chi connectivity index (χ1v) is 6.46. The van der Waals surface area contributed by atoms with Crippen LogP contribution >= 0.6 is 15.9 Å². The first-order chi connectivity index (χ1) is 9.08. The third kappa shape index (κ3) is 2.02. The normalized spacial score (nSPS) is 14.5. The molecule has 2 heterocycles. The number of fused-ring (bicyclic) bond motifs is 1. The Hall–Kier alpha value is -1.47. The van der Waals surface area contributed by atoms with Crippen molar-refractivity contribution < 1.29 is 13.5 Å². The maximum atomic E-state index is 14.0. The molecule has 0 fully saturated rings. The molecule has 2 N–H and O–H groups in total. The Morgan fingerprint density at radius 1 is 1.37 bits per heavy atom. The molecule has 7 heteroatoms. The minimum atomic E-state index is -0.691. The van der Waals surface area contributed by atoms with Gasteiger partial charge in [-0.3, -0.25) is 0 Å². The van der Waals surface area contributed by atoms with E-state index in [9.17, 15) is 8.78 Å². The van der Waals surface area contributed by atoms with Gasteiger partial charge in [-0.2, -0.15) is 0 Å². The van der Waals surface area contributed by atoms with E-state index in [1.807, 2.05) is 0 Å². The summed E-state index contributed by atoms with van der Waals surface area (Å²) in [7, 11) is 0. The topological polar surface area (TPSA) is 53.1 Å². The molecule has 100 valence electrons. The van der Waals surface area contributed by atoms with Gasteiger partial charge in [-0.25, -0.2) is 13.5 Å². The summed E-state index contributed by atoms with van der Waals surface area (Å²) in [4.78, 5) is 0. The van der Waals surface area contributed by atoms with E-state index in [-0.39, 0.29) is 5.69 Å². The fraction of sp³-hybridized carbons (Fsp3) is 0.250. The smallest absolute Gasteiger partial charge is 0.152 e. The molecule has 0 spiro atoms. The van der Waals surface area contributed by atoms with Gasteiger partial charge in [0.05, 0.1) is 18.9 Å². The van der Waals surface area contributed by atoms with E-state index in [0.29, 0.717) is 29.9 Å². The van der Waals surface area contributed by atoms with Crippen LogP contribution in [0, 0.1) is 11.6 Å². The van der Waals surface area contributed by atoms with E-state index in [0.717, 1.165) is 17.3 Å². The van der Waals surface area contributed by atoms with Gasteiger partial charge >= 0.3 is 0 Å². The Morgan fingerprint density at radius 3 is 2.89 bits per heavy atom. The second kappa shape index (κ2) is 4.57. The Labute approximate surface area is 116 Å². The van der Waals surface area contributed by atoms with Gasteiger partial charge in [0.1, 0.15) is 11.5 Å². The predicted octanol–water partition coefficient (Wildman–Crippen LogP) is 2.57. The quantitative estimate of drug-likeness (QED) is 0.874. The molecule has 3 rings (SSSR count). The van der Waals surface area contributed by atoms with Crippen LogP contribution in [0.4, 0.5) is 14.6 Å². The van der Waals surface area contributed by atoms with Crippen molar-refractivity contribution in [3.05, 3.63) is 39.5 Å². The van der Waals surface area contributed by atoms with Gasteiger partial charge in [-0.1, -0.05) is 0 Å². The van der Waals surface area contributed by atoms with Gasteiger partial charge in [-0.15, -0.1) is 5.10 Å². The SMILES string of the molecule is Nc1nn(-c2c(F)cc(F)cc2Br)c2c1COCC2. The number of nitrogen functional groups attached to an aromatic ring is 1. The molecular formula is C12H10BrF2N3O. The highest BCUT2D eigenvalue weighted by Gasteiger charge is 2.23. The first-order valence-electron chi connectivity index (χ1n) is 5.67. The summed E-state index contributed by atoms with van der Waals surface area (Å²) in [5.41, 5.74) is 7.54. The Kier molecular flexibility index (Phi) is 3.02. The van der Waals surface area contributed by atoms with Crippen LogP contribution in [-0.2, 0) is 17.8 Å². The van der Waals surface area contributed by atoms with Gasteiger partial charge in [0.15, 0.2) is 11.6 Å². The number of benzene rings is 1. The van der Waals surface area contributed by atoms with Crippen LogP contribution in [0.25, 0.3) is 5.69 Å². The van der Waals surface area contributed by atoms with Crippen molar-refractivity contribution in [1.82, 2.24) is 9.78 Å². The monoisotopic (exact) mass is 329 g/mol. The van der Waals surface area contributed by atoms with Crippen LogP contribution in [0.5, 0.6) is 0 Å². The van der Waals surface area contributed by atoms with Crippen LogP contribution in [0.3, 0.4) is 0 Å². The highest BCUT2D eigenvalue weighted by Crippen LogP contribution is 2.31. The van der Waals surface area contributed by atoms with Gasteiger partial charge in [0.25, 0.3) is 0 Å². The summed E-state index contributed by atoms with van der Waals surface area (Å²) in [6.07, 6.45) is 0.586. The van der Waals surface area contributed by atoms with Crippen LogP contribution in [0.15, 0.2) is 16.6 Å². The molecule has 1 aromatic heterocycles. The van der Waals surface area contributed by atoms with Crippen molar-refractivity contribution in [2.75, 3.05) is 12.3 Å². The van der Waals surface area contributed by atoms with Crippen molar-refractivity contribution in [3.63, 3.8) is 0 Å². The van der Waals surface area contributed by atoms with E-state index in [1.165, 1.54) is 10.7 Å². The number of hydrogen-bond donors (Lipinski definition) is 1. The number of aromatic nitrogens is 2. The van der Waals surface area contributed by atoms with Crippen molar-refractivity contribution in [1.29, 1.82) is 0 Å². The second-order valence-electron chi connectivity index (χ2n) is 4.24. The van der Waals surface area contributed by atoms with Crippen molar-refractivity contribution in [2.24, 2.45) is 0 Å². The van der Waals surface area contributed by atoms with Crippen LogP contribution in [-0.4, -0.2) is 16.4 Å². The zero-order valence-corrected chi connectivity index (χ0v) is 11.4. The lowest BCUT2D eigenvalue weighted by atomic mass is 10.1. The fourth-order valence-corrected chi connectivity index (χ4v) is 2.76. The molecule has 0 aliphatic carbocycles. The van der Waals surface area contributed by atoms with E-state index < -0.39 is 11.6 Å². The van der Waals surface area contributed by atoms with Crippen molar-refractivity contribution >= 4 is 21.7 Å². The summed E-state index contributed by atoms with van der Waals surface area (Å²) >= 11 is 3.16. The zero-order chi connectivity index (χ0) is 13.6. The summed E-state index contributed by atoms with van der Waals surface area (Å²) in [6, 6.07) is 2.02. The summed E-state index contributed by atoms with van der Waals surface area (Å²) < 4.78 is 34.1. The lowest BCUT2D eigenvalue weighted by Gasteiger charge is -2.15. The van der Waals surface area contributed by atoms with Gasteiger partial charge in [0.2, 0.25) is 0 Å². The molecule has 4 nitrogen and oxygen atoms in total. The molecule has 0 unspecified atom stereocenters. The highest BCUT2D eigenvalue weighted by atomic mass is 79.9. The number of nitrogens with zero attached hydrogens (tertiary/aromatic N) is 2. The number of ether oxygens (including phenoxy) is 1. The van der Waals surface area contributed by atoms with Crippen molar-refractivity contribution in [3.8, 4) is 5.69 Å². The molecule has 2 aromatic rings. The highest BCUT2D eigenvalue weighted by molar-refractivity contribution is 9.10. The number of anilines is 1. The molecular weight excluding hydrogens is 320 g/mol. The van der Waals surface area contributed by atoms with Crippen LogP contribution < -0.4 is 5.73 Å². The van der Waals surface area contributed by atoms with E-state index >= 15 is 0 Å². The standard InChI is InChI=1S/C12H10BrF2N3O/c13-8-3-6(14)4-9(15)11(8)18-10-1-2-19-5-7(10)12(16)17-18/h3-4H,1-2,5H2,(H2,16,17). The van der Waals surface area contributed by atoms with E-state index in [4.69, 9.17) is 10.5 Å². The number of nitrogens with two attached hydrogens (primary N) is 1. The molecule has 1 aromatic carbocycles. The Morgan fingerprint density at radius 2 is 2.16 bits per heavy atom. The number of halogens is 3. The maximum absolute atomic E-state index is 14.0. The molecule has 0 saturated heterocycles. The van der Waals surface area contributed by atoms with Crippen LogP contribution in [0.2, 0.25) is 0 Å². The number of rotatable bonds is 1. The molecule has 19 heavy (non-hydrogen) atoms. The third-order valence-electron chi connectivity index (χ3n) is 3.04. The van der Waals surface area contributed by atoms with E-state index in [1.54, 1.807) is 0 Å². The minimum absolute atomic E-state index is 0.163. The zero-order valence-electron chi connectivity index (χ0n) is 9.79. The third-order valence-corrected chi connectivity index (χ3v) is 3.65. The van der Waals surface area contributed by atoms with Crippen molar-refractivity contribution in [2.45, 2.75) is 13.0 Å². The average molecular weight is 330 g/mol. The summed E-state index contributed by atoms with van der Waals surface area (Å²) in [5.74, 6) is -1.03. The summed E-state index contributed by atoms with van der Waals surface area (Å²) in [5, 5.41) is 4.14. The largest absolute Gasteiger partial charge is 0.382 e. The lowest BCUT2D eigenvalue weighted by molar-refractivity contribution is 0.110. The summed E-state index contributed by atoms with van der Waals surface area (Å²) in [6.45, 7) is 0.889. The second-order valence-corrected chi connectivity index (χ2v) is 5.10. The number of hydrogen-bond acceptors (Lipinski definition) is 3. The van der Waals surface area contributed by atoms with Gasteiger partial charge < -0.3 is 10.5 Å². The fourth-order valence-electron chi connectivity index (χ4n) is 2.18. The predicted molar refractivity (Wildman–Crippen MR) is 69.0 cm³/mol. The lowest BCUT2D eigenvalue weighted by Crippen LogP contribution is -2.14. The molecule has 0 atom stereocenters. The van der Waals surface area contributed by atoms with Gasteiger partial charge in [0, 0.05) is 22.5 Å². The molecule has 1 aliphatic rings.